The van der Waals surface area contributed by atoms with Crippen molar-refractivity contribution in [1.29, 1.82) is 0 Å². The van der Waals surface area contributed by atoms with E-state index in [1.54, 1.807) is 30.8 Å². The van der Waals surface area contributed by atoms with Crippen LogP contribution in [0.5, 0.6) is 5.75 Å². The molecule has 2 aliphatic heterocycles. The predicted molar refractivity (Wildman–Crippen MR) is 113 cm³/mol. The molecule has 0 radical (unpaired) electrons. The second-order valence-corrected chi connectivity index (χ2v) is 8.28. The maximum absolute atomic E-state index is 12.9. The molecule has 2 heterocycles. The summed E-state index contributed by atoms with van der Waals surface area (Å²) in [7, 11) is 5.41. The third-order valence-electron chi connectivity index (χ3n) is 4.54. The Balaban J connectivity index is 1.71. The summed E-state index contributed by atoms with van der Waals surface area (Å²) in [5.74, 6) is 0.776. The molecule has 0 bridgehead atoms. The number of nitrogens with zero attached hydrogens (tertiary/aromatic N) is 3. The Morgan fingerprint density at radius 3 is 2.56 bits per heavy atom. The number of hydrogen-bond acceptors (Lipinski definition) is 6. The second-order valence-electron chi connectivity index (χ2n) is 6.28. The summed E-state index contributed by atoms with van der Waals surface area (Å²) in [5.41, 5.74) is 3.01. The minimum atomic E-state index is -0.0264. The highest BCUT2D eigenvalue weighted by Gasteiger charge is 2.37. The maximum atomic E-state index is 12.9. The number of thioether (sulfide) groups is 2. The SMILES string of the molecule is COc1ccc2c(c1)N(C)/C(=C1\SC(=Nc3ccccc3C)N(C)C1=O)S2. The summed E-state index contributed by atoms with van der Waals surface area (Å²) in [5, 5.41) is 1.62. The van der Waals surface area contributed by atoms with Crippen molar-refractivity contribution in [3.63, 3.8) is 0 Å². The highest BCUT2D eigenvalue weighted by Crippen LogP contribution is 2.50. The number of methoxy groups -OCH3 is 1. The van der Waals surface area contributed by atoms with Gasteiger partial charge < -0.3 is 9.64 Å². The maximum Gasteiger partial charge on any atom is 0.269 e. The van der Waals surface area contributed by atoms with Crippen LogP contribution in [0.15, 0.2) is 62.3 Å². The Morgan fingerprint density at radius 2 is 1.81 bits per heavy atom. The van der Waals surface area contributed by atoms with Crippen molar-refractivity contribution in [2.45, 2.75) is 11.8 Å². The van der Waals surface area contributed by atoms with Gasteiger partial charge in [0.05, 0.1) is 23.5 Å². The quantitative estimate of drug-likeness (QED) is 0.693. The Morgan fingerprint density at radius 1 is 1.04 bits per heavy atom. The third-order valence-corrected chi connectivity index (χ3v) is 7.03. The fourth-order valence-corrected chi connectivity index (χ4v) is 5.23. The van der Waals surface area contributed by atoms with Crippen molar-refractivity contribution in [2.75, 3.05) is 26.1 Å². The minimum absolute atomic E-state index is 0.0264. The molecule has 4 rings (SSSR count). The van der Waals surface area contributed by atoms with Crippen molar-refractivity contribution in [3.8, 4) is 5.75 Å². The highest BCUT2D eigenvalue weighted by molar-refractivity contribution is 8.19. The number of aryl methyl sites for hydroxylation is 1. The number of ether oxygens (including phenoxy) is 1. The molecule has 2 aliphatic rings. The standard InChI is InChI=1S/C20H19N3O2S2/c1-12-7-5-6-8-14(12)21-20-23(3)18(24)17(27-20)19-22(2)15-11-13(25-4)9-10-16(15)26-19/h5-11H,1-4H3/b19-17+,21-20?. The predicted octanol–water partition coefficient (Wildman–Crippen LogP) is 4.61. The summed E-state index contributed by atoms with van der Waals surface area (Å²) in [6.45, 7) is 2.02. The Bertz CT molecular complexity index is 1000. The van der Waals surface area contributed by atoms with E-state index in [4.69, 9.17) is 9.73 Å². The molecule has 138 valence electrons. The zero-order valence-electron chi connectivity index (χ0n) is 15.5. The molecule has 7 heteroatoms. The molecule has 1 amide bonds. The van der Waals surface area contributed by atoms with Gasteiger partial charge in [-0.3, -0.25) is 9.69 Å². The van der Waals surface area contributed by atoms with E-state index in [2.05, 4.69) is 0 Å². The minimum Gasteiger partial charge on any atom is -0.497 e. The van der Waals surface area contributed by atoms with Gasteiger partial charge in [0.15, 0.2) is 5.17 Å². The summed E-state index contributed by atoms with van der Waals surface area (Å²) in [6.07, 6.45) is 0. The number of fused-ring (bicyclic) bond motifs is 1. The Hall–Kier alpha value is -2.38. The average Bonchev–Trinajstić information content (AvgIpc) is 3.14. The molecule has 0 unspecified atom stereocenters. The molecule has 0 aliphatic carbocycles. The number of benzene rings is 2. The van der Waals surface area contributed by atoms with Gasteiger partial charge in [-0.05, 0) is 42.4 Å². The first kappa shape index (κ1) is 18.0. The smallest absolute Gasteiger partial charge is 0.269 e. The molecule has 27 heavy (non-hydrogen) atoms. The third kappa shape index (κ3) is 3.11. The average molecular weight is 398 g/mol. The van der Waals surface area contributed by atoms with Crippen molar-refractivity contribution in [1.82, 2.24) is 4.90 Å². The number of amidine groups is 1. The number of likely N-dealkylation sites (N-methyl/N-ethyl adjacent to an activating group) is 1. The molecule has 0 aromatic heterocycles. The van der Waals surface area contributed by atoms with Gasteiger partial charge in [-0.1, -0.05) is 30.0 Å². The second kappa shape index (κ2) is 6.98. The molecule has 2 aromatic rings. The van der Waals surface area contributed by atoms with Crippen molar-refractivity contribution in [2.24, 2.45) is 4.99 Å². The number of amides is 1. The lowest BCUT2D eigenvalue weighted by Gasteiger charge is -2.15. The van der Waals surface area contributed by atoms with Crippen LogP contribution in [-0.2, 0) is 4.79 Å². The van der Waals surface area contributed by atoms with Crippen LogP contribution < -0.4 is 9.64 Å². The van der Waals surface area contributed by atoms with Gasteiger partial charge in [0, 0.05) is 25.1 Å². The zero-order chi connectivity index (χ0) is 19.1. The summed E-state index contributed by atoms with van der Waals surface area (Å²) in [6, 6.07) is 13.9. The van der Waals surface area contributed by atoms with E-state index < -0.39 is 0 Å². The lowest BCUT2D eigenvalue weighted by molar-refractivity contribution is -0.121. The van der Waals surface area contributed by atoms with E-state index in [9.17, 15) is 4.79 Å². The van der Waals surface area contributed by atoms with E-state index in [0.29, 0.717) is 10.1 Å². The molecule has 0 spiro atoms. The van der Waals surface area contributed by atoms with E-state index in [1.165, 1.54) is 11.8 Å². The van der Waals surface area contributed by atoms with Crippen LogP contribution in [0.3, 0.4) is 0 Å². The van der Waals surface area contributed by atoms with Gasteiger partial charge in [0.1, 0.15) is 10.7 Å². The van der Waals surface area contributed by atoms with Gasteiger partial charge in [0.25, 0.3) is 5.91 Å². The van der Waals surface area contributed by atoms with E-state index >= 15 is 0 Å². The molecule has 1 saturated heterocycles. The molecular formula is C20H19N3O2S2. The van der Waals surface area contributed by atoms with E-state index in [0.717, 1.165) is 32.6 Å². The van der Waals surface area contributed by atoms with Crippen LogP contribution in [-0.4, -0.2) is 37.2 Å². The van der Waals surface area contributed by atoms with Crippen LogP contribution in [0.2, 0.25) is 0 Å². The first-order chi connectivity index (χ1) is 13.0. The monoisotopic (exact) mass is 397 g/mol. The van der Waals surface area contributed by atoms with Crippen LogP contribution in [0.1, 0.15) is 5.56 Å². The fourth-order valence-electron chi connectivity index (χ4n) is 2.92. The zero-order valence-corrected chi connectivity index (χ0v) is 17.1. The number of hydrogen-bond donors (Lipinski definition) is 0. The van der Waals surface area contributed by atoms with Gasteiger partial charge in [-0.25, -0.2) is 4.99 Å². The fraction of sp³-hybridized carbons (Fsp3) is 0.200. The molecule has 1 fully saturated rings. The topological polar surface area (TPSA) is 45.1 Å². The number of aliphatic imine (C=N–C) groups is 1. The van der Waals surface area contributed by atoms with Crippen LogP contribution in [0, 0.1) is 6.92 Å². The molecule has 0 atom stereocenters. The lowest BCUT2D eigenvalue weighted by Crippen LogP contribution is -2.24. The van der Waals surface area contributed by atoms with Gasteiger partial charge >= 0.3 is 0 Å². The first-order valence-electron chi connectivity index (χ1n) is 8.43. The molecule has 2 aromatic carbocycles. The van der Waals surface area contributed by atoms with Crippen LogP contribution in [0.25, 0.3) is 0 Å². The molecule has 0 saturated carbocycles. The number of anilines is 1. The first-order valence-corrected chi connectivity index (χ1v) is 10.1. The summed E-state index contributed by atoms with van der Waals surface area (Å²) >= 11 is 3.03. The van der Waals surface area contributed by atoms with Crippen molar-refractivity contribution in [3.05, 3.63) is 58.0 Å². The van der Waals surface area contributed by atoms with Crippen LogP contribution in [0.4, 0.5) is 11.4 Å². The van der Waals surface area contributed by atoms with Crippen LogP contribution >= 0.6 is 23.5 Å². The van der Waals surface area contributed by atoms with Crippen molar-refractivity contribution >= 4 is 46.0 Å². The Kier molecular flexibility index (Phi) is 4.65. The Labute approximate surface area is 167 Å². The van der Waals surface area contributed by atoms with Gasteiger partial charge in [-0.2, -0.15) is 0 Å². The van der Waals surface area contributed by atoms with Gasteiger partial charge in [0.2, 0.25) is 0 Å². The normalized spacial score (nSPS) is 20.6. The summed E-state index contributed by atoms with van der Waals surface area (Å²) < 4.78 is 5.33. The highest BCUT2D eigenvalue weighted by atomic mass is 32.2. The van der Waals surface area contributed by atoms with Crippen molar-refractivity contribution < 1.29 is 9.53 Å². The molecule has 0 N–H and O–H groups in total. The largest absolute Gasteiger partial charge is 0.497 e. The number of rotatable bonds is 2. The number of carbonyl (C=O) groups is 1. The summed E-state index contributed by atoms with van der Waals surface area (Å²) in [4.78, 5) is 23.1. The lowest BCUT2D eigenvalue weighted by atomic mass is 10.2. The molecule has 5 nitrogen and oxygen atoms in total. The molecular weight excluding hydrogens is 378 g/mol. The van der Waals surface area contributed by atoms with E-state index in [-0.39, 0.29) is 5.91 Å². The number of para-hydroxylation sites is 1. The van der Waals surface area contributed by atoms with Gasteiger partial charge in [-0.15, -0.1) is 0 Å². The van der Waals surface area contributed by atoms with E-state index in [1.807, 2.05) is 61.3 Å². The number of carbonyl (C=O) groups excluding carboxylic acids is 1.